The van der Waals surface area contributed by atoms with Gasteiger partial charge in [-0.15, -0.1) is 0 Å². The second-order valence-electron chi connectivity index (χ2n) is 5.03. The smallest absolute Gasteiger partial charge is 0.242 e. The Morgan fingerprint density at radius 1 is 1.32 bits per heavy atom. The zero-order chi connectivity index (χ0) is 14.2. The fraction of sp³-hybridized carbons (Fsp3) is 0.538. The Hall–Kier alpha value is -1.27. The number of benzene rings is 1. The van der Waals surface area contributed by atoms with Crippen molar-refractivity contribution in [3.63, 3.8) is 0 Å². The zero-order valence-corrected chi connectivity index (χ0v) is 12.4. The summed E-state index contributed by atoms with van der Waals surface area (Å²) in [6.45, 7) is 2.89. The van der Waals surface area contributed by atoms with Crippen molar-refractivity contribution in [2.45, 2.75) is 30.7 Å². The van der Waals surface area contributed by atoms with Crippen LogP contribution in [0.15, 0.2) is 23.1 Å². The lowest BCUT2D eigenvalue weighted by Gasteiger charge is -2.25. The summed E-state index contributed by atoms with van der Waals surface area (Å²) in [4.78, 5) is 2.48. The van der Waals surface area contributed by atoms with Crippen LogP contribution >= 0.6 is 0 Å². The van der Waals surface area contributed by atoms with Crippen LogP contribution in [0.1, 0.15) is 19.8 Å². The third-order valence-corrected chi connectivity index (χ3v) is 5.23. The van der Waals surface area contributed by atoms with E-state index in [1.807, 2.05) is 0 Å². The molecule has 6 heteroatoms. The van der Waals surface area contributed by atoms with Gasteiger partial charge in [-0.3, -0.25) is 0 Å². The van der Waals surface area contributed by atoms with E-state index in [0.29, 0.717) is 16.6 Å². The third kappa shape index (κ3) is 2.69. The lowest BCUT2D eigenvalue weighted by atomic mass is 10.2. The second-order valence-corrected chi connectivity index (χ2v) is 7.18. The normalized spacial score (nSPS) is 15.8. The van der Waals surface area contributed by atoms with Gasteiger partial charge < -0.3 is 10.6 Å². The molecule has 106 valence electrons. The molecule has 1 aromatic rings. The number of sulfonamides is 1. The van der Waals surface area contributed by atoms with Crippen LogP contribution in [0.2, 0.25) is 0 Å². The Kier molecular flexibility index (Phi) is 3.73. The Morgan fingerprint density at radius 3 is 2.42 bits per heavy atom. The Balaban J connectivity index is 2.45. The van der Waals surface area contributed by atoms with Gasteiger partial charge in [0.25, 0.3) is 0 Å². The number of nitrogen functional groups attached to an aromatic ring is 1. The molecule has 1 aliphatic rings. The molecule has 1 fully saturated rings. The van der Waals surface area contributed by atoms with E-state index >= 15 is 0 Å². The molecule has 0 heterocycles. The molecule has 1 saturated carbocycles. The number of anilines is 2. The first-order valence-corrected chi connectivity index (χ1v) is 7.90. The molecular weight excluding hydrogens is 262 g/mol. The quantitative estimate of drug-likeness (QED) is 0.832. The molecule has 0 amide bonds. The maximum Gasteiger partial charge on any atom is 0.242 e. The first-order valence-electron chi connectivity index (χ1n) is 6.46. The largest absolute Gasteiger partial charge is 0.397 e. The minimum Gasteiger partial charge on any atom is -0.397 e. The highest BCUT2D eigenvalue weighted by Gasteiger charge is 2.30. The van der Waals surface area contributed by atoms with Crippen molar-refractivity contribution < 1.29 is 8.42 Å². The lowest BCUT2D eigenvalue weighted by Crippen LogP contribution is -2.27. The van der Waals surface area contributed by atoms with Crippen molar-refractivity contribution in [2.75, 3.05) is 31.3 Å². The number of hydrogen-bond acceptors (Lipinski definition) is 4. The number of nitrogens with two attached hydrogens (primary N) is 1. The van der Waals surface area contributed by atoms with E-state index in [2.05, 4.69) is 11.8 Å². The minimum atomic E-state index is -3.41. The molecule has 0 unspecified atom stereocenters. The van der Waals surface area contributed by atoms with E-state index in [1.54, 1.807) is 18.2 Å². The van der Waals surface area contributed by atoms with Crippen molar-refractivity contribution in [3.05, 3.63) is 18.2 Å². The molecule has 2 rings (SSSR count). The Morgan fingerprint density at radius 2 is 1.95 bits per heavy atom. The van der Waals surface area contributed by atoms with Crippen LogP contribution in [-0.4, -0.2) is 39.4 Å². The molecule has 5 nitrogen and oxygen atoms in total. The molecule has 0 aromatic heterocycles. The maximum atomic E-state index is 12.2. The lowest BCUT2D eigenvalue weighted by molar-refractivity contribution is 0.520. The monoisotopic (exact) mass is 283 g/mol. The summed E-state index contributed by atoms with van der Waals surface area (Å²) >= 11 is 0. The summed E-state index contributed by atoms with van der Waals surface area (Å²) in [5, 5.41) is 0. The van der Waals surface area contributed by atoms with Gasteiger partial charge in [0, 0.05) is 26.7 Å². The van der Waals surface area contributed by atoms with Crippen molar-refractivity contribution in [1.82, 2.24) is 4.31 Å². The number of hydrogen-bond donors (Lipinski definition) is 1. The molecule has 0 saturated heterocycles. The molecule has 1 aromatic carbocycles. The van der Waals surface area contributed by atoms with E-state index in [4.69, 9.17) is 5.73 Å². The van der Waals surface area contributed by atoms with Gasteiger partial charge in [-0.1, -0.05) is 0 Å². The van der Waals surface area contributed by atoms with Crippen LogP contribution in [0.5, 0.6) is 0 Å². The molecule has 0 spiro atoms. The Labute approximate surface area is 115 Å². The van der Waals surface area contributed by atoms with Crippen LogP contribution in [0, 0.1) is 0 Å². The van der Waals surface area contributed by atoms with Crippen molar-refractivity contribution in [3.8, 4) is 0 Å². The molecule has 1 aliphatic carbocycles. The van der Waals surface area contributed by atoms with E-state index in [-0.39, 0.29) is 0 Å². The average Bonchev–Trinajstić information content (AvgIpc) is 3.16. The van der Waals surface area contributed by atoms with Crippen molar-refractivity contribution in [2.24, 2.45) is 0 Å². The van der Waals surface area contributed by atoms with Crippen LogP contribution in [0.3, 0.4) is 0 Å². The van der Waals surface area contributed by atoms with Gasteiger partial charge in [-0.2, -0.15) is 0 Å². The highest BCUT2D eigenvalue weighted by atomic mass is 32.2. The SMILES string of the molecule is CCN(c1cc(S(=O)(=O)N(C)C)ccc1N)C1CC1. The van der Waals surface area contributed by atoms with E-state index < -0.39 is 10.0 Å². The summed E-state index contributed by atoms with van der Waals surface area (Å²) in [7, 11) is -0.349. The van der Waals surface area contributed by atoms with Gasteiger partial charge in [-0.05, 0) is 38.0 Å². The average molecular weight is 283 g/mol. The summed E-state index contributed by atoms with van der Waals surface area (Å²) in [6, 6.07) is 5.43. The van der Waals surface area contributed by atoms with Gasteiger partial charge in [0.2, 0.25) is 10.0 Å². The molecule has 2 N–H and O–H groups in total. The summed E-state index contributed by atoms with van der Waals surface area (Å²) in [6.07, 6.45) is 2.30. The van der Waals surface area contributed by atoms with Crippen LogP contribution in [0.25, 0.3) is 0 Å². The van der Waals surface area contributed by atoms with Crippen LogP contribution in [0.4, 0.5) is 11.4 Å². The zero-order valence-electron chi connectivity index (χ0n) is 11.6. The highest BCUT2D eigenvalue weighted by molar-refractivity contribution is 7.89. The van der Waals surface area contributed by atoms with Gasteiger partial charge in [-0.25, -0.2) is 12.7 Å². The minimum absolute atomic E-state index is 0.292. The number of rotatable bonds is 5. The van der Waals surface area contributed by atoms with Crippen molar-refractivity contribution in [1.29, 1.82) is 0 Å². The van der Waals surface area contributed by atoms with Gasteiger partial charge >= 0.3 is 0 Å². The van der Waals surface area contributed by atoms with E-state index in [0.717, 1.165) is 25.1 Å². The first-order chi connectivity index (χ1) is 8.87. The van der Waals surface area contributed by atoms with E-state index in [9.17, 15) is 8.42 Å². The topological polar surface area (TPSA) is 66.6 Å². The molecule has 0 bridgehead atoms. The van der Waals surface area contributed by atoms with Gasteiger partial charge in [0.1, 0.15) is 0 Å². The summed E-state index contributed by atoms with van der Waals surface area (Å²) < 4.78 is 25.5. The molecular formula is C13H21N3O2S. The maximum absolute atomic E-state index is 12.2. The van der Waals surface area contributed by atoms with Gasteiger partial charge in [0.15, 0.2) is 0 Å². The highest BCUT2D eigenvalue weighted by Crippen LogP contribution is 2.36. The van der Waals surface area contributed by atoms with Crippen LogP contribution < -0.4 is 10.6 Å². The number of nitrogens with zero attached hydrogens (tertiary/aromatic N) is 2. The summed E-state index contributed by atoms with van der Waals surface area (Å²) in [5.74, 6) is 0. The van der Waals surface area contributed by atoms with Gasteiger partial charge in [0.05, 0.1) is 16.3 Å². The van der Waals surface area contributed by atoms with E-state index in [1.165, 1.54) is 18.4 Å². The Bertz CT molecular complexity index is 565. The molecule has 0 aliphatic heterocycles. The predicted molar refractivity (Wildman–Crippen MR) is 77.8 cm³/mol. The molecule has 0 radical (unpaired) electrons. The first kappa shape index (κ1) is 14.1. The molecule has 0 atom stereocenters. The van der Waals surface area contributed by atoms with Crippen LogP contribution in [-0.2, 0) is 10.0 Å². The fourth-order valence-electron chi connectivity index (χ4n) is 2.15. The third-order valence-electron chi connectivity index (χ3n) is 3.42. The van der Waals surface area contributed by atoms with Crippen molar-refractivity contribution >= 4 is 21.4 Å². The standard InChI is InChI=1S/C13H21N3O2S/c1-4-16(10-5-6-10)13-9-11(7-8-12(13)14)19(17,18)15(2)3/h7-10H,4-6,14H2,1-3H3. The second kappa shape index (κ2) is 5.02. The predicted octanol–water partition coefficient (Wildman–Crippen LogP) is 1.51. The fourth-order valence-corrected chi connectivity index (χ4v) is 3.08. The molecule has 19 heavy (non-hydrogen) atoms. The summed E-state index contributed by atoms with van der Waals surface area (Å²) in [5.41, 5.74) is 7.46.